The van der Waals surface area contributed by atoms with Gasteiger partial charge in [0.15, 0.2) is 0 Å². The first-order valence-corrected chi connectivity index (χ1v) is 12.9. The van der Waals surface area contributed by atoms with Crippen LogP contribution in [0, 0.1) is 0 Å². The maximum Gasteiger partial charge on any atom is 0.416 e. The molecule has 2 unspecified atom stereocenters. The smallest absolute Gasteiger partial charge is 0.416 e. The van der Waals surface area contributed by atoms with Gasteiger partial charge in [-0.2, -0.15) is 26.3 Å². The molecule has 3 rings (SSSR count). The summed E-state index contributed by atoms with van der Waals surface area (Å²) in [6.45, 7) is 3.03. The highest BCUT2D eigenvalue weighted by molar-refractivity contribution is 5.91. The number of amides is 2. The van der Waals surface area contributed by atoms with Crippen LogP contribution in [0.15, 0.2) is 30.3 Å². The molecule has 2 aromatic carbocycles. The number of methoxy groups -OCH3 is 3. The lowest BCUT2D eigenvalue weighted by Crippen LogP contribution is -2.47. The van der Waals surface area contributed by atoms with Gasteiger partial charge in [-0.15, -0.1) is 0 Å². The van der Waals surface area contributed by atoms with Crippen LogP contribution in [0.2, 0.25) is 0 Å². The Morgan fingerprint density at radius 2 is 1.45 bits per heavy atom. The van der Waals surface area contributed by atoms with Crippen LogP contribution in [-0.4, -0.2) is 51.1 Å². The zero-order chi connectivity index (χ0) is 31.4. The van der Waals surface area contributed by atoms with E-state index in [2.05, 4.69) is 0 Å². The van der Waals surface area contributed by atoms with E-state index in [1.807, 2.05) is 0 Å². The molecular weight excluding hydrogens is 574 g/mol. The Labute approximate surface area is 239 Å². The van der Waals surface area contributed by atoms with Gasteiger partial charge in [0.1, 0.15) is 0 Å². The van der Waals surface area contributed by atoms with Gasteiger partial charge in [-0.25, -0.2) is 9.59 Å². The molecule has 0 bridgehead atoms. The molecule has 42 heavy (non-hydrogen) atoms. The van der Waals surface area contributed by atoms with Gasteiger partial charge >= 0.3 is 24.5 Å². The van der Waals surface area contributed by atoms with Crippen LogP contribution in [0.4, 0.5) is 41.6 Å². The van der Waals surface area contributed by atoms with E-state index in [9.17, 15) is 35.9 Å². The Hall–Kier alpha value is -3.52. The van der Waals surface area contributed by atoms with Crippen molar-refractivity contribution in [2.45, 2.75) is 64.5 Å². The second-order valence-corrected chi connectivity index (χ2v) is 9.73. The fourth-order valence-corrected chi connectivity index (χ4v) is 5.04. The molecule has 8 nitrogen and oxygen atoms in total. The topological polar surface area (TPSA) is 77.5 Å². The second kappa shape index (κ2) is 13.2. The zero-order valence-corrected chi connectivity index (χ0v) is 23.7. The molecular formula is C28H32F6N2O6. The van der Waals surface area contributed by atoms with Crippen molar-refractivity contribution in [3.63, 3.8) is 0 Å². The Balaban J connectivity index is 2.23. The number of alkyl halides is 6. The standard InChI is InChI=1S/C28H32F6N2O6/c1-6-42-26(38)36-16(2)7-23(22-10-18(14-39-3)19(15-40-4)11-24(22)36)35(25(37)41-5)13-17-8-20(27(29,30)31)12-21(9-17)28(32,33)34/h8-12,16,23H,6-7,13-15H2,1-5H3. The summed E-state index contributed by atoms with van der Waals surface area (Å²) in [7, 11) is 4.00. The maximum absolute atomic E-state index is 13.6. The van der Waals surface area contributed by atoms with Gasteiger partial charge in [0.25, 0.3) is 0 Å². The highest BCUT2D eigenvalue weighted by Crippen LogP contribution is 2.44. The molecule has 0 fully saturated rings. The number of ether oxygens (including phenoxy) is 4. The molecule has 2 amide bonds. The summed E-state index contributed by atoms with van der Waals surface area (Å²) < 4.78 is 102. The number of fused-ring (bicyclic) bond motifs is 1. The van der Waals surface area contributed by atoms with Crippen LogP contribution in [0.25, 0.3) is 0 Å². The minimum Gasteiger partial charge on any atom is -0.453 e. The van der Waals surface area contributed by atoms with Crippen molar-refractivity contribution in [2.75, 3.05) is 32.8 Å². The van der Waals surface area contributed by atoms with Crippen molar-refractivity contribution in [2.24, 2.45) is 0 Å². The molecule has 14 heteroatoms. The molecule has 2 atom stereocenters. The van der Waals surface area contributed by atoms with E-state index >= 15 is 0 Å². The quantitative estimate of drug-likeness (QED) is 0.299. The van der Waals surface area contributed by atoms with Gasteiger partial charge < -0.3 is 18.9 Å². The second-order valence-electron chi connectivity index (χ2n) is 9.73. The van der Waals surface area contributed by atoms with Gasteiger partial charge in [0.05, 0.1) is 49.8 Å². The minimum absolute atomic E-state index is 0.0234. The maximum atomic E-state index is 13.6. The number of anilines is 1. The molecule has 0 N–H and O–H groups in total. The van der Waals surface area contributed by atoms with E-state index in [0.29, 0.717) is 34.5 Å². The van der Waals surface area contributed by atoms with Crippen molar-refractivity contribution >= 4 is 17.9 Å². The average molecular weight is 607 g/mol. The summed E-state index contributed by atoms with van der Waals surface area (Å²) in [5, 5.41) is 0. The van der Waals surface area contributed by atoms with Gasteiger partial charge in [0.2, 0.25) is 0 Å². The summed E-state index contributed by atoms with van der Waals surface area (Å²) in [6.07, 6.45) is -11.7. The third-order valence-electron chi connectivity index (χ3n) is 6.82. The zero-order valence-electron chi connectivity index (χ0n) is 23.7. The number of carbonyl (C=O) groups excluding carboxylic acids is 2. The number of hydrogen-bond donors (Lipinski definition) is 0. The van der Waals surface area contributed by atoms with Crippen molar-refractivity contribution < 1.29 is 54.9 Å². The predicted molar refractivity (Wildman–Crippen MR) is 139 cm³/mol. The van der Waals surface area contributed by atoms with Crippen LogP contribution >= 0.6 is 0 Å². The number of carbonyl (C=O) groups is 2. The van der Waals surface area contributed by atoms with Crippen LogP contribution in [0.3, 0.4) is 0 Å². The van der Waals surface area contributed by atoms with E-state index in [0.717, 1.165) is 12.0 Å². The first-order chi connectivity index (χ1) is 19.7. The monoisotopic (exact) mass is 606 g/mol. The normalized spacial score (nSPS) is 17.1. The van der Waals surface area contributed by atoms with Crippen LogP contribution in [0.1, 0.15) is 59.7 Å². The molecule has 0 aromatic heterocycles. The summed E-state index contributed by atoms with van der Waals surface area (Å²) in [6, 6.07) is 3.01. The molecule has 0 aliphatic carbocycles. The van der Waals surface area contributed by atoms with E-state index in [4.69, 9.17) is 18.9 Å². The Morgan fingerprint density at radius 1 is 0.905 bits per heavy atom. The van der Waals surface area contributed by atoms with Crippen molar-refractivity contribution in [1.29, 1.82) is 0 Å². The molecule has 2 aromatic rings. The van der Waals surface area contributed by atoms with Crippen LogP contribution in [0.5, 0.6) is 0 Å². The number of rotatable bonds is 8. The van der Waals surface area contributed by atoms with E-state index in [-0.39, 0.29) is 32.3 Å². The highest BCUT2D eigenvalue weighted by atomic mass is 19.4. The van der Waals surface area contributed by atoms with Gasteiger partial charge in [0, 0.05) is 26.8 Å². The van der Waals surface area contributed by atoms with Crippen molar-refractivity contribution in [3.05, 3.63) is 63.7 Å². The lowest BCUT2D eigenvalue weighted by molar-refractivity contribution is -0.143. The van der Waals surface area contributed by atoms with E-state index in [1.165, 1.54) is 19.1 Å². The molecule has 0 saturated heterocycles. The molecule has 0 spiro atoms. The molecule has 0 saturated carbocycles. The largest absolute Gasteiger partial charge is 0.453 e. The summed E-state index contributed by atoms with van der Waals surface area (Å²) in [5.41, 5.74) is -1.36. The average Bonchev–Trinajstić information content (AvgIpc) is 2.90. The van der Waals surface area contributed by atoms with E-state index in [1.54, 1.807) is 26.0 Å². The predicted octanol–water partition coefficient (Wildman–Crippen LogP) is 7.08. The molecule has 1 heterocycles. The van der Waals surface area contributed by atoms with Gasteiger partial charge in [-0.3, -0.25) is 9.80 Å². The molecule has 1 aliphatic rings. The lowest BCUT2D eigenvalue weighted by Gasteiger charge is -2.43. The fourth-order valence-electron chi connectivity index (χ4n) is 5.04. The van der Waals surface area contributed by atoms with Crippen LogP contribution in [-0.2, 0) is 51.1 Å². The Morgan fingerprint density at radius 3 is 1.93 bits per heavy atom. The summed E-state index contributed by atoms with van der Waals surface area (Å²) in [4.78, 5) is 28.6. The fraction of sp³-hybridized carbons (Fsp3) is 0.500. The molecule has 0 radical (unpaired) electrons. The number of benzene rings is 2. The summed E-state index contributed by atoms with van der Waals surface area (Å²) >= 11 is 0. The number of halogens is 6. The van der Waals surface area contributed by atoms with Crippen molar-refractivity contribution in [1.82, 2.24) is 4.90 Å². The van der Waals surface area contributed by atoms with Crippen LogP contribution < -0.4 is 4.90 Å². The van der Waals surface area contributed by atoms with E-state index < -0.39 is 59.9 Å². The number of hydrogen-bond acceptors (Lipinski definition) is 6. The third kappa shape index (κ3) is 7.27. The molecule has 232 valence electrons. The molecule has 1 aliphatic heterocycles. The SMILES string of the molecule is CCOC(=O)N1c2cc(COC)c(COC)cc2C(N(Cc2cc(C(F)(F)F)cc(C(F)(F)F)c2)C(=O)OC)CC1C. The summed E-state index contributed by atoms with van der Waals surface area (Å²) in [5.74, 6) is 0. The first-order valence-electron chi connectivity index (χ1n) is 12.9. The first kappa shape index (κ1) is 33.0. The van der Waals surface area contributed by atoms with Gasteiger partial charge in [-0.1, -0.05) is 0 Å². The Kier molecular flexibility index (Phi) is 10.4. The number of nitrogens with zero attached hydrogens (tertiary/aromatic N) is 2. The highest BCUT2D eigenvalue weighted by Gasteiger charge is 2.41. The van der Waals surface area contributed by atoms with Crippen molar-refractivity contribution in [3.8, 4) is 0 Å². The van der Waals surface area contributed by atoms with Gasteiger partial charge in [-0.05, 0) is 72.9 Å². The lowest BCUT2D eigenvalue weighted by atomic mass is 9.87. The minimum atomic E-state index is -5.06. The third-order valence-corrected chi connectivity index (χ3v) is 6.82. The Bertz CT molecular complexity index is 1250.